The fourth-order valence-corrected chi connectivity index (χ4v) is 1.10. The minimum absolute atomic E-state index is 0.622. The van der Waals surface area contributed by atoms with Crippen molar-refractivity contribution in [3.63, 3.8) is 0 Å². The predicted molar refractivity (Wildman–Crippen MR) is 54.4 cm³/mol. The second-order valence-corrected chi connectivity index (χ2v) is 4.43. The smallest absolute Gasteiger partial charge is 0.0900 e. The summed E-state index contributed by atoms with van der Waals surface area (Å²) in [6.07, 6.45) is 3.54. The lowest BCUT2D eigenvalue weighted by molar-refractivity contribution is -0.124. The molecule has 0 aromatic rings. The molecule has 3 nitrogen and oxygen atoms in total. The quantitative estimate of drug-likeness (QED) is 0.547. The molecule has 0 saturated carbocycles. The molecule has 80 valence electrons. The molecule has 1 unspecified atom stereocenters. The van der Waals surface area contributed by atoms with E-state index in [9.17, 15) is 10.2 Å². The number of nitrogens with two attached hydrogens (primary N) is 1. The molecule has 13 heavy (non-hydrogen) atoms. The Morgan fingerprint density at radius 2 is 1.54 bits per heavy atom. The van der Waals surface area contributed by atoms with E-state index in [0.717, 1.165) is 19.3 Å². The van der Waals surface area contributed by atoms with Crippen LogP contribution in [0, 0.1) is 0 Å². The van der Waals surface area contributed by atoms with E-state index in [1.54, 1.807) is 20.8 Å². The Balaban J connectivity index is 3.77. The van der Waals surface area contributed by atoms with Gasteiger partial charge in [-0.2, -0.15) is 0 Å². The normalized spacial score (nSPS) is 17.1. The van der Waals surface area contributed by atoms with Crippen molar-refractivity contribution in [3.8, 4) is 0 Å². The Morgan fingerprint density at radius 1 is 1.00 bits per heavy atom. The van der Waals surface area contributed by atoms with Gasteiger partial charge in [0.1, 0.15) is 0 Å². The van der Waals surface area contributed by atoms with Crippen molar-refractivity contribution in [2.75, 3.05) is 6.54 Å². The van der Waals surface area contributed by atoms with Gasteiger partial charge in [0.15, 0.2) is 0 Å². The van der Waals surface area contributed by atoms with Crippen LogP contribution >= 0.6 is 0 Å². The lowest BCUT2D eigenvalue weighted by Gasteiger charge is -2.35. The van der Waals surface area contributed by atoms with Crippen molar-refractivity contribution in [1.29, 1.82) is 0 Å². The first-order chi connectivity index (χ1) is 5.81. The summed E-state index contributed by atoms with van der Waals surface area (Å²) in [5, 5.41) is 19.5. The highest BCUT2D eigenvalue weighted by Crippen LogP contribution is 2.26. The first kappa shape index (κ1) is 12.9. The third kappa shape index (κ3) is 4.60. The Morgan fingerprint density at radius 3 is 1.92 bits per heavy atom. The fraction of sp³-hybridized carbons (Fsp3) is 1.00. The molecule has 1 atom stereocenters. The molecule has 4 N–H and O–H groups in total. The minimum atomic E-state index is -1.03. The maximum atomic E-state index is 9.87. The highest BCUT2D eigenvalue weighted by Gasteiger charge is 2.36. The van der Waals surface area contributed by atoms with Crippen molar-refractivity contribution < 1.29 is 10.2 Å². The molecule has 0 rings (SSSR count). The summed E-state index contributed by atoms with van der Waals surface area (Å²) in [5.41, 5.74) is 3.32. The summed E-state index contributed by atoms with van der Waals surface area (Å²) in [6, 6.07) is 0. The average Bonchev–Trinajstić information content (AvgIpc) is 1.96. The number of rotatable bonds is 6. The van der Waals surface area contributed by atoms with Gasteiger partial charge < -0.3 is 15.9 Å². The third-order valence-electron chi connectivity index (χ3n) is 2.69. The van der Waals surface area contributed by atoms with Gasteiger partial charge in [-0.3, -0.25) is 0 Å². The zero-order chi connectivity index (χ0) is 10.5. The Hall–Kier alpha value is -0.120. The molecule has 0 aromatic heterocycles. The van der Waals surface area contributed by atoms with Gasteiger partial charge in [-0.1, -0.05) is 12.8 Å². The monoisotopic (exact) mass is 189 g/mol. The Bertz CT molecular complexity index is 138. The minimum Gasteiger partial charge on any atom is -0.387 e. The van der Waals surface area contributed by atoms with Crippen molar-refractivity contribution in [2.24, 2.45) is 5.73 Å². The molecule has 0 spiro atoms. The molecule has 0 radical (unpaired) electrons. The van der Waals surface area contributed by atoms with Crippen LogP contribution in [0.25, 0.3) is 0 Å². The molecule has 0 amide bonds. The molecular weight excluding hydrogens is 166 g/mol. The van der Waals surface area contributed by atoms with E-state index < -0.39 is 11.2 Å². The Labute approximate surface area is 81.0 Å². The average molecular weight is 189 g/mol. The maximum absolute atomic E-state index is 9.87. The molecule has 0 bridgehead atoms. The molecule has 0 aromatic carbocycles. The van der Waals surface area contributed by atoms with Gasteiger partial charge in [-0.05, 0) is 40.2 Å². The van der Waals surface area contributed by atoms with Crippen LogP contribution in [0.1, 0.15) is 46.5 Å². The van der Waals surface area contributed by atoms with Crippen LogP contribution < -0.4 is 5.73 Å². The van der Waals surface area contributed by atoms with Gasteiger partial charge in [0.2, 0.25) is 0 Å². The molecule has 0 heterocycles. The molecule has 3 heteroatoms. The zero-order valence-corrected chi connectivity index (χ0v) is 9.01. The van der Waals surface area contributed by atoms with Crippen molar-refractivity contribution in [2.45, 2.75) is 57.7 Å². The van der Waals surface area contributed by atoms with Crippen LogP contribution in [0.4, 0.5) is 0 Å². The van der Waals surface area contributed by atoms with E-state index in [2.05, 4.69) is 0 Å². The van der Waals surface area contributed by atoms with Crippen LogP contribution in [0.5, 0.6) is 0 Å². The second kappa shape index (κ2) is 4.94. The van der Waals surface area contributed by atoms with Gasteiger partial charge in [0.25, 0.3) is 0 Å². The van der Waals surface area contributed by atoms with Gasteiger partial charge in [0.05, 0.1) is 11.2 Å². The maximum Gasteiger partial charge on any atom is 0.0900 e. The molecule has 0 saturated heterocycles. The lowest BCUT2D eigenvalue weighted by Crippen LogP contribution is -2.47. The zero-order valence-electron chi connectivity index (χ0n) is 9.01. The van der Waals surface area contributed by atoms with E-state index in [-0.39, 0.29) is 0 Å². The van der Waals surface area contributed by atoms with Gasteiger partial charge in [-0.25, -0.2) is 0 Å². The van der Waals surface area contributed by atoms with Crippen molar-refractivity contribution >= 4 is 0 Å². The topological polar surface area (TPSA) is 66.5 Å². The molecular formula is C10H23NO2. The number of aliphatic hydroxyl groups is 2. The van der Waals surface area contributed by atoms with Crippen LogP contribution in [0.3, 0.4) is 0 Å². The largest absolute Gasteiger partial charge is 0.387 e. The Kier molecular flexibility index (Phi) is 4.89. The molecule has 0 aliphatic rings. The van der Waals surface area contributed by atoms with Crippen LogP contribution in [0.15, 0.2) is 0 Å². The molecule has 0 aliphatic heterocycles. The summed E-state index contributed by atoms with van der Waals surface area (Å²) in [4.78, 5) is 0. The highest BCUT2D eigenvalue weighted by molar-refractivity contribution is 4.89. The van der Waals surface area contributed by atoms with Crippen LogP contribution in [0.2, 0.25) is 0 Å². The van der Waals surface area contributed by atoms with E-state index in [1.165, 1.54) is 0 Å². The highest BCUT2D eigenvalue weighted by atomic mass is 16.3. The second-order valence-electron chi connectivity index (χ2n) is 4.43. The van der Waals surface area contributed by atoms with E-state index >= 15 is 0 Å². The van der Waals surface area contributed by atoms with Crippen molar-refractivity contribution in [1.82, 2.24) is 0 Å². The van der Waals surface area contributed by atoms with E-state index in [1.807, 2.05) is 0 Å². The summed E-state index contributed by atoms with van der Waals surface area (Å²) >= 11 is 0. The summed E-state index contributed by atoms with van der Waals surface area (Å²) < 4.78 is 0. The molecule has 0 fully saturated rings. The first-order valence-corrected chi connectivity index (χ1v) is 4.96. The summed E-state index contributed by atoms with van der Waals surface area (Å²) in [5.74, 6) is 0. The van der Waals surface area contributed by atoms with Crippen molar-refractivity contribution in [3.05, 3.63) is 0 Å². The summed E-state index contributed by atoms with van der Waals surface area (Å²) in [7, 11) is 0. The SMILES string of the molecule is CC(C)(O)C(C)(O)CCCCCN. The van der Waals surface area contributed by atoms with E-state index in [4.69, 9.17) is 5.73 Å². The number of hydrogen-bond acceptors (Lipinski definition) is 3. The molecule has 0 aliphatic carbocycles. The standard InChI is InChI=1S/C10H23NO2/c1-9(2,12)10(3,13)7-5-4-6-8-11/h12-13H,4-8,11H2,1-3H3. The lowest BCUT2D eigenvalue weighted by atomic mass is 9.83. The van der Waals surface area contributed by atoms with Crippen LogP contribution in [-0.2, 0) is 0 Å². The fourth-order valence-electron chi connectivity index (χ4n) is 1.10. The third-order valence-corrected chi connectivity index (χ3v) is 2.69. The summed E-state index contributed by atoms with van der Waals surface area (Å²) in [6.45, 7) is 5.64. The van der Waals surface area contributed by atoms with Gasteiger partial charge >= 0.3 is 0 Å². The number of hydrogen-bond donors (Lipinski definition) is 3. The van der Waals surface area contributed by atoms with Gasteiger partial charge in [0, 0.05) is 0 Å². The van der Waals surface area contributed by atoms with E-state index in [0.29, 0.717) is 13.0 Å². The number of unbranched alkanes of at least 4 members (excludes halogenated alkanes) is 2. The predicted octanol–water partition coefficient (Wildman–Crippen LogP) is 1.03. The van der Waals surface area contributed by atoms with Gasteiger partial charge in [-0.15, -0.1) is 0 Å². The van der Waals surface area contributed by atoms with Crippen LogP contribution in [-0.4, -0.2) is 28.0 Å². The first-order valence-electron chi connectivity index (χ1n) is 4.96.